The fourth-order valence-corrected chi connectivity index (χ4v) is 1.77. The van der Waals surface area contributed by atoms with Crippen LogP contribution in [0.25, 0.3) is 0 Å². The molecule has 0 aromatic heterocycles. The highest BCUT2D eigenvalue weighted by molar-refractivity contribution is 5.14. The van der Waals surface area contributed by atoms with Crippen molar-refractivity contribution in [2.24, 2.45) is 11.8 Å². The van der Waals surface area contributed by atoms with Crippen LogP contribution in [0.2, 0.25) is 0 Å². The lowest BCUT2D eigenvalue weighted by Gasteiger charge is -2.26. The lowest BCUT2D eigenvalue weighted by atomic mass is 9.92. The average molecular weight is 168 g/mol. The van der Waals surface area contributed by atoms with E-state index >= 15 is 0 Å². The maximum atomic E-state index is 5.69. The molecule has 0 spiro atoms. The van der Waals surface area contributed by atoms with Crippen LogP contribution < -0.4 is 0 Å². The summed E-state index contributed by atoms with van der Waals surface area (Å²) in [6.45, 7) is 9.86. The van der Waals surface area contributed by atoms with Crippen LogP contribution in [0.5, 0.6) is 0 Å². The highest BCUT2D eigenvalue weighted by Crippen LogP contribution is 2.29. The Kier molecular flexibility index (Phi) is 3.19. The minimum absolute atomic E-state index is 0.558. The second-order valence-electron chi connectivity index (χ2n) is 4.15. The predicted octanol–water partition coefficient (Wildman–Crippen LogP) is 3.36. The van der Waals surface area contributed by atoms with E-state index in [1.165, 1.54) is 24.2 Å². The summed E-state index contributed by atoms with van der Waals surface area (Å²) in [7, 11) is 0. The monoisotopic (exact) mass is 168 g/mol. The number of rotatable bonds is 2. The summed E-state index contributed by atoms with van der Waals surface area (Å²) in [4.78, 5) is 0. The Hall–Kier alpha value is -0.460. The van der Waals surface area contributed by atoms with E-state index < -0.39 is 0 Å². The van der Waals surface area contributed by atoms with Crippen molar-refractivity contribution >= 4 is 0 Å². The van der Waals surface area contributed by atoms with Gasteiger partial charge < -0.3 is 4.74 Å². The Bertz CT molecular complexity index is 157. The van der Waals surface area contributed by atoms with E-state index in [4.69, 9.17) is 4.74 Å². The van der Waals surface area contributed by atoms with Crippen molar-refractivity contribution in [3.8, 4) is 0 Å². The molecule has 1 nitrogen and oxygen atoms in total. The van der Waals surface area contributed by atoms with Crippen LogP contribution in [0.4, 0.5) is 0 Å². The van der Waals surface area contributed by atoms with E-state index in [2.05, 4.69) is 27.7 Å². The van der Waals surface area contributed by atoms with Gasteiger partial charge in [-0.3, -0.25) is 0 Å². The highest BCUT2D eigenvalue weighted by Gasteiger charge is 2.18. The van der Waals surface area contributed by atoms with Crippen molar-refractivity contribution in [3.63, 3.8) is 0 Å². The van der Waals surface area contributed by atoms with Gasteiger partial charge in [0.1, 0.15) is 0 Å². The molecule has 0 aromatic rings. The molecule has 0 N–H and O–H groups in total. The van der Waals surface area contributed by atoms with Gasteiger partial charge in [0, 0.05) is 5.92 Å². The van der Waals surface area contributed by atoms with Crippen molar-refractivity contribution in [3.05, 3.63) is 11.3 Å². The maximum Gasteiger partial charge on any atom is 0.0979 e. The smallest absolute Gasteiger partial charge is 0.0979 e. The fraction of sp³-hybridized carbons (Fsp3) is 0.818. The first-order valence-corrected chi connectivity index (χ1v) is 4.98. The Balaban J connectivity index is 2.83. The van der Waals surface area contributed by atoms with Crippen LogP contribution in [0.3, 0.4) is 0 Å². The zero-order valence-corrected chi connectivity index (χ0v) is 8.68. The van der Waals surface area contributed by atoms with Gasteiger partial charge in [0.25, 0.3) is 0 Å². The zero-order chi connectivity index (χ0) is 9.14. The molecule has 1 heterocycles. The predicted molar refractivity (Wildman–Crippen MR) is 51.9 cm³/mol. The topological polar surface area (TPSA) is 9.23 Å². The second kappa shape index (κ2) is 3.97. The molecule has 1 aliphatic rings. The van der Waals surface area contributed by atoms with Crippen molar-refractivity contribution in [1.29, 1.82) is 0 Å². The Labute approximate surface area is 75.8 Å². The molecule has 0 bridgehead atoms. The first-order valence-electron chi connectivity index (χ1n) is 4.98. The van der Waals surface area contributed by atoms with Gasteiger partial charge in [-0.2, -0.15) is 0 Å². The molecule has 0 fully saturated rings. The molecule has 0 aliphatic carbocycles. The number of hydrogen-bond donors (Lipinski definition) is 0. The summed E-state index contributed by atoms with van der Waals surface area (Å²) in [5, 5.41) is 0. The third kappa shape index (κ3) is 2.02. The van der Waals surface area contributed by atoms with Gasteiger partial charge in [-0.15, -0.1) is 0 Å². The molecule has 0 unspecified atom stereocenters. The van der Waals surface area contributed by atoms with Crippen LogP contribution >= 0.6 is 0 Å². The summed E-state index contributed by atoms with van der Waals surface area (Å²) in [5.74, 6) is 2.47. The summed E-state index contributed by atoms with van der Waals surface area (Å²) >= 11 is 0. The molecule has 1 aliphatic heterocycles. The van der Waals surface area contributed by atoms with Crippen molar-refractivity contribution in [1.82, 2.24) is 0 Å². The van der Waals surface area contributed by atoms with E-state index in [9.17, 15) is 0 Å². The third-order valence-corrected chi connectivity index (χ3v) is 2.39. The lowest BCUT2D eigenvalue weighted by Crippen LogP contribution is -2.14. The van der Waals surface area contributed by atoms with E-state index in [1.54, 1.807) is 0 Å². The van der Waals surface area contributed by atoms with Gasteiger partial charge in [-0.1, -0.05) is 27.7 Å². The van der Waals surface area contributed by atoms with E-state index in [0.29, 0.717) is 11.8 Å². The van der Waals surface area contributed by atoms with Gasteiger partial charge in [-0.25, -0.2) is 0 Å². The molecule has 1 rings (SSSR count). The van der Waals surface area contributed by atoms with Gasteiger partial charge in [0.15, 0.2) is 0 Å². The molecule has 12 heavy (non-hydrogen) atoms. The minimum Gasteiger partial charge on any atom is -0.498 e. The number of hydrogen-bond acceptors (Lipinski definition) is 1. The minimum atomic E-state index is 0.558. The lowest BCUT2D eigenvalue weighted by molar-refractivity contribution is 0.156. The second-order valence-corrected chi connectivity index (χ2v) is 4.15. The number of allylic oxidation sites excluding steroid dienone is 2. The van der Waals surface area contributed by atoms with Crippen molar-refractivity contribution in [2.75, 3.05) is 6.61 Å². The first-order chi connectivity index (χ1) is 5.63. The summed E-state index contributed by atoms with van der Waals surface area (Å²) in [5.41, 5.74) is 1.54. The summed E-state index contributed by atoms with van der Waals surface area (Å²) in [6, 6.07) is 0. The molecular weight excluding hydrogens is 148 g/mol. The van der Waals surface area contributed by atoms with Gasteiger partial charge in [0.05, 0.1) is 12.4 Å². The molecule has 0 saturated heterocycles. The van der Waals surface area contributed by atoms with E-state index in [1.807, 2.05) is 0 Å². The molecule has 0 atom stereocenters. The fourth-order valence-electron chi connectivity index (χ4n) is 1.77. The standard InChI is InChI=1S/C11H20O/c1-8(2)10-6-5-7-12-11(10)9(3)4/h8-9H,5-7H2,1-4H3. The Morgan fingerprint density at radius 3 is 2.17 bits per heavy atom. The van der Waals surface area contributed by atoms with Crippen LogP contribution in [-0.4, -0.2) is 6.61 Å². The van der Waals surface area contributed by atoms with Crippen molar-refractivity contribution in [2.45, 2.75) is 40.5 Å². The van der Waals surface area contributed by atoms with E-state index in [-0.39, 0.29) is 0 Å². The molecule has 0 saturated carbocycles. The van der Waals surface area contributed by atoms with Crippen LogP contribution in [-0.2, 0) is 4.74 Å². The molecular formula is C11H20O. The van der Waals surface area contributed by atoms with Gasteiger partial charge in [0.2, 0.25) is 0 Å². The zero-order valence-electron chi connectivity index (χ0n) is 8.68. The first kappa shape index (κ1) is 9.63. The molecule has 1 heteroatoms. The molecule has 0 radical (unpaired) electrons. The van der Waals surface area contributed by atoms with Crippen LogP contribution in [0.15, 0.2) is 11.3 Å². The number of ether oxygens (including phenoxy) is 1. The largest absolute Gasteiger partial charge is 0.498 e. The highest BCUT2D eigenvalue weighted by atomic mass is 16.5. The quantitative estimate of drug-likeness (QED) is 0.614. The normalized spacial score (nSPS) is 18.8. The van der Waals surface area contributed by atoms with Gasteiger partial charge >= 0.3 is 0 Å². The maximum absolute atomic E-state index is 5.69. The van der Waals surface area contributed by atoms with Gasteiger partial charge in [-0.05, 0) is 24.3 Å². The van der Waals surface area contributed by atoms with Crippen LogP contribution in [0, 0.1) is 11.8 Å². The summed E-state index contributed by atoms with van der Waals surface area (Å²) < 4.78 is 5.69. The van der Waals surface area contributed by atoms with Crippen LogP contribution in [0.1, 0.15) is 40.5 Å². The molecule has 0 aromatic carbocycles. The average Bonchev–Trinajstić information content (AvgIpc) is 2.04. The Morgan fingerprint density at radius 1 is 1.08 bits per heavy atom. The summed E-state index contributed by atoms with van der Waals surface area (Å²) in [6.07, 6.45) is 2.44. The van der Waals surface area contributed by atoms with E-state index in [0.717, 1.165) is 6.61 Å². The third-order valence-electron chi connectivity index (χ3n) is 2.39. The Morgan fingerprint density at radius 2 is 1.75 bits per heavy atom. The molecule has 70 valence electrons. The molecule has 0 amide bonds. The van der Waals surface area contributed by atoms with Crippen molar-refractivity contribution < 1.29 is 4.74 Å². The SMILES string of the molecule is CC(C)C1=C(C(C)C)OCCC1.